The molecule has 1 saturated carbocycles. The van der Waals surface area contributed by atoms with Gasteiger partial charge in [0.2, 0.25) is 11.9 Å². The number of anilines is 1. The van der Waals surface area contributed by atoms with Crippen LogP contribution in [0.4, 0.5) is 19.1 Å². The first kappa shape index (κ1) is 17.8. The highest BCUT2D eigenvalue weighted by atomic mass is 19.2. The highest BCUT2D eigenvalue weighted by Crippen LogP contribution is 2.38. The molecule has 1 aromatic carbocycles. The maximum atomic E-state index is 14.0. The zero-order valence-electron chi connectivity index (χ0n) is 15.3. The van der Waals surface area contributed by atoms with Crippen molar-refractivity contribution < 1.29 is 18.0 Å². The molecule has 9 heteroatoms. The zero-order chi connectivity index (χ0) is 19.6. The molecule has 5 rings (SSSR count). The molecule has 0 bridgehead atoms. The Bertz CT molecular complexity index is 943. The smallest absolute Gasteiger partial charge is 0.246 e. The van der Waals surface area contributed by atoms with Crippen LogP contribution in [0.15, 0.2) is 12.1 Å². The van der Waals surface area contributed by atoms with Crippen molar-refractivity contribution in [3.05, 3.63) is 23.8 Å². The number of amides is 1. The number of rotatable bonds is 3. The number of likely N-dealkylation sites (tertiary alicyclic amines) is 1. The average Bonchev–Trinajstić information content (AvgIpc) is 3.35. The molecule has 0 radical (unpaired) electrons. The van der Waals surface area contributed by atoms with Crippen molar-refractivity contribution in [1.29, 1.82) is 0 Å². The number of piperidine rings is 1. The Hall–Kier alpha value is -2.29. The molecule has 2 aliphatic heterocycles. The van der Waals surface area contributed by atoms with Crippen LogP contribution in [0.1, 0.15) is 31.7 Å². The fraction of sp³-hybridized carbons (Fsp3) is 0.579. The molecule has 0 unspecified atom stereocenters. The molecule has 1 aliphatic carbocycles. The van der Waals surface area contributed by atoms with Crippen molar-refractivity contribution in [2.75, 3.05) is 24.5 Å². The van der Waals surface area contributed by atoms with Crippen LogP contribution in [0, 0.1) is 11.6 Å². The number of nitrogens with two attached hydrogens (primary N) is 1. The minimum atomic E-state index is -1.09. The number of aromatic nitrogens is 2. The Morgan fingerprint density at radius 2 is 1.82 bits per heavy atom. The van der Waals surface area contributed by atoms with Crippen molar-refractivity contribution in [1.82, 2.24) is 14.5 Å². The van der Waals surface area contributed by atoms with Gasteiger partial charge in [0.15, 0.2) is 11.6 Å². The fourth-order valence-electron chi connectivity index (χ4n) is 4.42. The van der Waals surface area contributed by atoms with Crippen LogP contribution in [0.5, 0.6) is 0 Å². The van der Waals surface area contributed by atoms with Gasteiger partial charge in [0.05, 0.1) is 17.1 Å². The molecule has 1 aromatic heterocycles. The lowest BCUT2D eigenvalue weighted by molar-refractivity contribution is -0.130. The number of carbonyl (C=O) groups excluding carboxylic acids is 1. The lowest BCUT2D eigenvalue weighted by Crippen LogP contribution is -2.50. The molecule has 150 valence electrons. The van der Waals surface area contributed by atoms with Crippen molar-refractivity contribution >= 4 is 22.9 Å². The summed E-state index contributed by atoms with van der Waals surface area (Å²) in [6.45, 7) is 1.27. The SMILES string of the molecule is N[C@@H]1CN(c2nc3cc(F)c(F)cc3n2[C@H]2CCN(C3CC3)C2=O)CC[C@H]1F. The first-order chi connectivity index (χ1) is 13.4. The summed E-state index contributed by atoms with van der Waals surface area (Å²) in [6, 6.07) is 1.24. The van der Waals surface area contributed by atoms with E-state index in [-0.39, 0.29) is 24.4 Å². The number of carbonyl (C=O) groups is 1. The Morgan fingerprint density at radius 3 is 2.54 bits per heavy atom. The number of hydrogen-bond acceptors (Lipinski definition) is 4. The average molecular weight is 393 g/mol. The van der Waals surface area contributed by atoms with Gasteiger partial charge >= 0.3 is 0 Å². The zero-order valence-corrected chi connectivity index (χ0v) is 15.3. The molecule has 3 atom stereocenters. The van der Waals surface area contributed by atoms with Crippen LogP contribution in [-0.4, -0.2) is 58.2 Å². The predicted molar refractivity (Wildman–Crippen MR) is 97.7 cm³/mol. The number of imidazole rings is 1. The second-order valence-electron chi connectivity index (χ2n) is 8.02. The lowest BCUT2D eigenvalue weighted by Gasteiger charge is -2.34. The molecule has 28 heavy (non-hydrogen) atoms. The summed E-state index contributed by atoms with van der Waals surface area (Å²) in [5.74, 6) is -1.56. The van der Waals surface area contributed by atoms with Gasteiger partial charge in [-0.25, -0.2) is 18.2 Å². The van der Waals surface area contributed by atoms with E-state index in [1.54, 1.807) is 4.57 Å². The quantitative estimate of drug-likeness (QED) is 0.868. The first-order valence-corrected chi connectivity index (χ1v) is 9.76. The van der Waals surface area contributed by atoms with Gasteiger partial charge in [0, 0.05) is 37.8 Å². The van der Waals surface area contributed by atoms with Crippen molar-refractivity contribution in [3.63, 3.8) is 0 Å². The molecular formula is C19H22F3N5O. The number of nitrogens with zero attached hydrogens (tertiary/aromatic N) is 4. The van der Waals surface area contributed by atoms with E-state index >= 15 is 0 Å². The van der Waals surface area contributed by atoms with Crippen LogP contribution < -0.4 is 10.6 Å². The van der Waals surface area contributed by atoms with Gasteiger partial charge in [-0.05, 0) is 25.7 Å². The first-order valence-electron chi connectivity index (χ1n) is 9.76. The van der Waals surface area contributed by atoms with Gasteiger partial charge in [0.25, 0.3) is 0 Å². The third-order valence-electron chi connectivity index (χ3n) is 6.08. The number of benzene rings is 1. The van der Waals surface area contributed by atoms with Crippen LogP contribution in [0.2, 0.25) is 0 Å². The Morgan fingerprint density at radius 1 is 1.07 bits per heavy atom. The molecule has 3 heterocycles. The maximum absolute atomic E-state index is 14.0. The summed E-state index contributed by atoms with van der Waals surface area (Å²) < 4.78 is 43.3. The van der Waals surface area contributed by atoms with Gasteiger partial charge in [-0.1, -0.05) is 0 Å². The number of alkyl halides is 1. The Kier molecular flexibility index (Phi) is 4.04. The van der Waals surface area contributed by atoms with Crippen LogP contribution >= 0.6 is 0 Å². The van der Waals surface area contributed by atoms with E-state index in [1.165, 1.54) is 0 Å². The second-order valence-corrected chi connectivity index (χ2v) is 8.02. The van der Waals surface area contributed by atoms with Gasteiger partial charge < -0.3 is 15.5 Å². The van der Waals surface area contributed by atoms with E-state index in [2.05, 4.69) is 4.98 Å². The number of halogens is 3. The molecule has 2 aromatic rings. The van der Waals surface area contributed by atoms with E-state index in [4.69, 9.17) is 5.73 Å². The predicted octanol–water partition coefficient (Wildman–Crippen LogP) is 2.13. The minimum Gasteiger partial charge on any atom is -0.340 e. The molecule has 2 saturated heterocycles. The van der Waals surface area contributed by atoms with Crippen LogP contribution in [0.25, 0.3) is 11.0 Å². The normalized spacial score (nSPS) is 28.6. The maximum Gasteiger partial charge on any atom is 0.246 e. The third kappa shape index (κ3) is 2.75. The molecule has 2 N–H and O–H groups in total. The van der Waals surface area contributed by atoms with Crippen molar-refractivity contribution in [2.45, 2.75) is 50.0 Å². The topological polar surface area (TPSA) is 67.4 Å². The van der Waals surface area contributed by atoms with Gasteiger partial charge in [-0.3, -0.25) is 9.36 Å². The van der Waals surface area contributed by atoms with Crippen molar-refractivity contribution in [2.24, 2.45) is 5.73 Å². The Balaban J connectivity index is 1.61. The summed E-state index contributed by atoms with van der Waals surface area (Å²) in [6.07, 6.45) is 1.75. The third-order valence-corrected chi connectivity index (χ3v) is 6.08. The molecular weight excluding hydrogens is 371 g/mol. The standard InChI is InChI=1S/C19H22F3N5O/c20-11-3-5-25(9-14(11)23)19-24-15-7-12(21)13(22)8-17(15)27(19)16-4-6-26(18(16)28)10-1-2-10/h7-8,10-11,14,16H,1-6,9,23H2/t11-,14-,16+/m1/s1. The largest absolute Gasteiger partial charge is 0.340 e. The summed E-state index contributed by atoms with van der Waals surface area (Å²) in [5.41, 5.74) is 6.56. The van der Waals surface area contributed by atoms with E-state index in [9.17, 15) is 18.0 Å². The summed E-state index contributed by atoms with van der Waals surface area (Å²) >= 11 is 0. The van der Waals surface area contributed by atoms with Gasteiger partial charge in [-0.15, -0.1) is 0 Å². The minimum absolute atomic E-state index is 0.0162. The molecule has 1 amide bonds. The van der Waals surface area contributed by atoms with E-state index in [1.807, 2.05) is 9.80 Å². The second kappa shape index (κ2) is 6.37. The summed E-state index contributed by atoms with van der Waals surface area (Å²) in [5, 5.41) is 0. The summed E-state index contributed by atoms with van der Waals surface area (Å²) in [7, 11) is 0. The Labute approximate surface area is 160 Å². The highest BCUT2D eigenvalue weighted by molar-refractivity contribution is 5.88. The van der Waals surface area contributed by atoms with Crippen LogP contribution in [-0.2, 0) is 4.79 Å². The molecule has 3 aliphatic rings. The number of fused-ring (bicyclic) bond motifs is 1. The monoisotopic (exact) mass is 393 g/mol. The molecule has 0 spiro atoms. The fourth-order valence-corrected chi connectivity index (χ4v) is 4.42. The van der Waals surface area contributed by atoms with Crippen molar-refractivity contribution in [3.8, 4) is 0 Å². The van der Waals surface area contributed by atoms with E-state index < -0.39 is 29.9 Å². The van der Waals surface area contributed by atoms with E-state index in [0.29, 0.717) is 37.0 Å². The number of hydrogen-bond donors (Lipinski definition) is 1. The molecule has 6 nitrogen and oxygen atoms in total. The summed E-state index contributed by atoms with van der Waals surface area (Å²) in [4.78, 5) is 21.2. The van der Waals surface area contributed by atoms with Gasteiger partial charge in [0.1, 0.15) is 12.2 Å². The van der Waals surface area contributed by atoms with Gasteiger partial charge in [-0.2, -0.15) is 0 Å². The lowest BCUT2D eigenvalue weighted by atomic mass is 10.1. The van der Waals surface area contributed by atoms with Crippen LogP contribution in [0.3, 0.4) is 0 Å². The molecule has 3 fully saturated rings. The highest BCUT2D eigenvalue weighted by Gasteiger charge is 2.43. The van der Waals surface area contributed by atoms with E-state index in [0.717, 1.165) is 25.0 Å².